The van der Waals surface area contributed by atoms with Gasteiger partial charge >= 0.3 is 6.18 Å². The molecule has 34 heavy (non-hydrogen) atoms. The second-order valence-corrected chi connectivity index (χ2v) is 9.17. The largest absolute Gasteiger partial charge is 0.391 e. The number of piperidine rings is 1. The number of ketones is 1. The zero-order valence-electron chi connectivity index (χ0n) is 19.5. The Balaban J connectivity index is 1.37. The van der Waals surface area contributed by atoms with Gasteiger partial charge in [-0.25, -0.2) is 0 Å². The van der Waals surface area contributed by atoms with Gasteiger partial charge in [0, 0.05) is 44.4 Å². The van der Waals surface area contributed by atoms with E-state index in [1.807, 2.05) is 11.0 Å². The smallest absolute Gasteiger partial charge is 0.376 e. The zero-order chi connectivity index (χ0) is 24.5. The number of benzene rings is 1. The van der Waals surface area contributed by atoms with Crippen LogP contribution in [0.1, 0.15) is 58.3 Å². The topological polar surface area (TPSA) is 54.8 Å². The monoisotopic (exact) mass is 477 g/mol. The summed E-state index contributed by atoms with van der Waals surface area (Å²) < 4.78 is 43.8. The number of ether oxygens (including phenoxy) is 1. The van der Waals surface area contributed by atoms with Crippen LogP contribution in [-0.2, 0) is 23.4 Å². The molecule has 0 unspecified atom stereocenters. The second-order valence-electron chi connectivity index (χ2n) is 9.17. The average molecular weight is 478 g/mol. The Labute approximate surface area is 197 Å². The number of hydrogen-bond donors (Lipinski definition) is 0. The standard InChI is InChI=1S/C25H30F3N3O3/c1-18(32)21-7-8-22-24(29(2)14-15-31(21)22)9-12-30(13-10-24)23(33)20-5-3-19(4-6-20)17-34-16-11-25(26,27)28/h3-8H,9-17H2,1-2H3. The van der Waals surface area contributed by atoms with Crippen molar-refractivity contribution < 1.29 is 27.5 Å². The molecule has 1 aromatic carbocycles. The van der Waals surface area contributed by atoms with Gasteiger partial charge in [-0.15, -0.1) is 0 Å². The first-order valence-corrected chi connectivity index (χ1v) is 11.6. The Morgan fingerprint density at radius 1 is 1.00 bits per heavy atom. The van der Waals surface area contributed by atoms with E-state index in [0.717, 1.165) is 42.9 Å². The minimum atomic E-state index is -4.23. The van der Waals surface area contributed by atoms with Gasteiger partial charge in [0.15, 0.2) is 5.78 Å². The summed E-state index contributed by atoms with van der Waals surface area (Å²) >= 11 is 0. The predicted octanol–water partition coefficient (Wildman–Crippen LogP) is 4.24. The van der Waals surface area contributed by atoms with E-state index in [1.165, 1.54) is 0 Å². The van der Waals surface area contributed by atoms with Crippen molar-refractivity contribution in [3.05, 3.63) is 58.9 Å². The van der Waals surface area contributed by atoms with Crippen LogP contribution in [0.5, 0.6) is 0 Å². The molecule has 3 heterocycles. The highest BCUT2D eigenvalue weighted by Crippen LogP contribution is 2.41. The molecular formula is C25H30F3N3O3. The van der Waals surface area contributed by atoms with E-state index in [2.05, 4.69) is 22.6 Å². The third-order valence-electron chi connectivity index (χ3n) is 7.09. The number of aromatic nitrogens is 1. The van der Waals surface area contributed by atoms with Crippen molar-refractivity contribution >= 4 is 11.7 Å². The van der Waals surface area contributed by atoms with Crippen molar-refractivity contribution in [3.63, 3.8) is 0 Å². The Bertz CT molecular complexity index is 1040. The van der Waals surface area contributed by atoms with E-state index in [1.54, 1.807) is 31.2 Å². The first-order valence-electron chi connectivity index (χ1n) is 11.6. The van der Waals surface area contributed by atoms with Crippen LogP contribution >= 0.6 is 0 Å². The maximum atomic E-state index is 13.1. The molecule has 0 saturated carbocycles. The number of amides is 1. The van der Waals surface area contributed by atoms with Crippen molar-refractivity contribution in [2.75, 3.05) is 33.3 Å². The molecule has 1 spiro atoms. The van der Waals surface area contributed by atoms with E-state index in [4.69, 9.17) is 4.74 Å². The number of hydrogen-bond acceptors (Lipinski definition) is 4. The van der Waals surface area contributed by atoms with Gasteiger partial charge in [-0.2, -0.15) is 13.2 Å². The number of halogens is 3. The average Bonchev–Trinajstić information content (AvgIpc) is 3.25. The molecule has 9 heteroatoms. The number of carbonyl (C=O) groups is 2. The van der Waals surface area contributed by atoms with Gasteiger partial charge in [0.2, 0.25) is 0 Å². The molecule has 1 saturated heterocycles. The molecule has 2 aliphatic rings. The minimum Gasteiger partial charge on any atom is -0.376 e. The number of carbonyl (C=O) groups excluding carboxylic acids is 2. The molecule has 1 fully saturated rings. The van der Waals surface area contributed by atoms with Gasteiger partial charge in [0.1, 0.15) is 0 Å². The number of alkyl halides is 3. The van der Waals surface area contributed by atoms with Gasteiger partial charge in [-0.3, -0.25) is 14.5 Å². The summed E-state index contributed by atoms with van der Waals surface area (Å²) in [5.74, 6) is 0.00502. The van der Waals surface area contributed by atoms with Crippen LogP contribution < -0.4 is 0 Å². The summed E-state index contributed by atoms with van der Waals surface area (Å²) in [6.45, 7) is 4.12. The maximum absolute atomic E-state index is 13.1. The molecule has 0 bridgehead atoms. The van der Waals surface area contributed by atoms with Gasteiger partial charge in [-0.05, 0) is 49.7 Å². The highest BCUT2D eigenvalue weighted by Gasteiger charge is 2.45. The van der Waals surface area contributed by atoms with Crippen LogP contribution in [-0.4, -0.2) is 65.5 Å². The summed E-state index contributed by atoms with van der Waals surface area (Å²) in [6, 6.07) is 10.8. The molecule has 0 aliphatic carbocycles. The van der Waals surface area contributed by atoms with Gasteiger partial charge in [-0.1, -0.05) is 12.1 Å². The molecule has 6 nitrogen and oxygen atoms in total. The summed E-state index contributed by atoms with van der Waals surface area (Å²) in [6.07, 6.45) is -3.64. The van der Waals surface area contributed by atoms with E-state index in [9.17, 15) is 22.8 Å². The van der Waals surface area contributed by atoms with Crippen LogP contribution in [0.15, 0.2) is 36.4 Å². The normalized spacial score (nSPS) is 18.2. The van der Waals surface area contributed by atoms with Crippen LogP contribution in [0.4, 0.5) is 13.2 Å². The zero-order valence-corrected chi connectivity index (χ0v) is 19.5. The molecule has 2 aliphatic heterocycles. The van der Waals surface area contributed by atoms with Crippen molar-refractivity contribution in [1.29, 1.82) is 0 Å². The lowest BCUT2D eigenvalue weighted by molar-refractivity contribution is -0.146. The fraction of sp³-hybridized carbons (Fsp3) is 0.520. The summed E-state index contributed by atoms with van der Waals surface area (Å²) in [4.78, 5) is 29.3. The predicted molar refractivity (Wildman–Crippen MR) is 121 cm³/mol. The SMILES string of the molecule is CC(=O)c1ccc2n1CCN(C)C21CCN(C(=O)c2ccc(COCCC(F)(F)F)cc2)CC1. The molecule has 0 radical (unpaired) electrons. The van der Waals surface area contributed by atoms with E-state index in [-0.39, 0.29) is 30.4 Å². The lowest BCUT2D eigenvalue weighted by atomic mass is 9.81. The van der Waals surface area contributed by atoms with E-state index < -0.39 is 12.6 Å². The molecule has 1 amide bonds. The Kier molecular flexibility index (Phi) is 6.87. The Morgan fingerprint density at radius 3 is 2.29 bits per heavy atom. The number of nitrogens with zero attached hydrogens (tertiary/aromatic N) is 3. The fourth-order valence-corrected chi connectivity index (χ4v) is 5.10. The van der Waals surface area contributed by atoms with Crippen molar-refractivity contribution in [2.24, 2.45) is 0 Å². The van der Waals surface area contributed by atoms with Crippen LogP contribution in [0.3, 0.4) is 0 Å². The fourth-order valence-electron chi connectivity index (χ4n) is 5.10. The van der Waals surface area contributed by atoms with E-state index in [0.29, 0.717) is 18.7 Å². The first kappa shape index (κ1) is 24.5. The number of fused-ring (bicyclic) bond motifs is 2. The van der Waals surface area contributed by atoms with Crippen LogP contribution in [0.25, 0.3) is 0 Å². The molecule has 0 atom stereocenters. The highest BCUT2D eigenvalue weighted by atomic mass is 19.4. The molecule has 2 aromatic rings. The van der Waals surface area contributed by atoms with Gasteiger partial charge < -0.3 is 14.2 Å². The first-order chi connectivity index (χ1) is 16.1. The Morgan fingerprint density at radius 2 is 1.68 bits per heavy atom. The van der Waals surface area contributed by atoms with Gasteiger partial charge in [0.05, 0.1) is 30.9 Å². The highest BCUT2D eigenvalue weighted by molar-refractivity contribution is 5.94. The van der Waals surface area contributed by atoms with Crippen molar-refractivity contribution in [3.8, 4) is 0 Å². The van der Waals surface area contributed by atoms with Crippen LogP contribution in [0.2, 0.25) is 0 Å². The third-order valence-corrected chi connectivity index (χ3v) is 7.09. The third kappa shape index (κ3) is 4.90. The summed E-state index contributed by atoms with van der Waals surface area (Å²) in [5, 5.41) is 0. The Hall–Kier alpha value is -2.65. The van der Waals surface area contributed by atoms with Crippen LogP contribution in [0, 0.1) is 0 Å². The summed E-state index contributed by atoms with van der Waals surface area (Å²) in [7, 11) is 2.11. The number of likely N-dealkylation sites (N-methyl/N-ethyl adjacent to an activating group) is 1. The van der Waals surface area contributed by atoms with E-state index >= 15 is 0 Å². The summed E-state index contributed by atoms with van der Waals surface area (Å²) in [5.41, 5.74) is 2.97. The van der Waals surface area contributed by atoms with Crippen molar-refractivity contribution in [1.82, 2.24) is 14.4 Å². The number of rotatable bonds is 6. The maximum Gasteiger partial charge on any atom is 0.391 e. The molecule has 1 aromatic heterocycles. The van der Waals surface area contributed by atoms with Gasteiger partial charge in [0.25, 0.3) is 5.91 Å². The van der Waals surface area contributed by atoms with Crippen molar-refractivity contribution in [2.45, 2.75) is 51.1 Å². The number of Topliss-reactive ketones (excluding diaryl/α,β-unsaturated/α-hetero) is 1. The lowest BCUT2D eigenvalue weighted by Gasteiger charge is -2.50. The second kappa shape index (κ2) is 9.54. The minimum absolute atomic E-state index is 0.0577. The molecular weight excluding hydrogens is 447 g/mol. The quantitative estimate of drug-likeness (QED) is 0.462. The molecule has 184 valence electrons. The lowest BCUT2D eigenvalue weighted by Crippen LogP contribution is -2.56. The molecule has 0 N–H and O–H groups in total. The number of likely N-dealkylation sites (tertiary alicyclic amines) is 1. The molecule has 4 rings (SSSR count).